The van der Waals surface area contributed by atoms with Crippen LogP contribution in [0.4, 0.5) is 5.13 Å². The number of quaternary nitrogens is 1. The zero-order valence-corrected chi connectivity index (χ0v) is 17.9. The van der Waals surface area contributed by atoms with E-state index in [2.05, 4.69) is 33.2 Å². The highest BCUT2D eigenvalue weighted by Crippen LogP contribution is 2.31. The molecule has 0 aliphatic carbocycles. The average molecular weight is 401 g/mol. The van der Waals surface area contributed by atoms with Crippen LogP contribution in [0.2, 0.25) is 0 Å². The number of thiazole rings is 1. The molecule has 0 radical (unpaired) electrons. The normalized spacial score (nSPS) is 11.3. The van der Waals surface area contributed by atoms with Crippen molar-refractivity contribution in [3.63, 3.8) is 0 Å². The van der Waals surface area contributed by atoms with Crippen molar-refractivity contribution >= 4 is 44.4 Å². The Hall–Kier alpha value is -1.89. The molecule has 0 unspecified atom stereocenters. The van der Waals surface area contributed by atoms with Crippen LogP contribution in [-0.4, -0.2) is 44.3 Å². The van der Waals surface area contributed by atoms with Gasteiger partial charge in [-0.3, -0.25) is 9.69 Å². The lowest BCUT2D eigenvalue weighted by atomic mass is 10.2. The van der Waals surface area contributed by atoms with E-state index in [9.17, 15) is 4.79 Å². The minimum Gasteiger partial charge on any atom is -0.340 e. The summed E-state index contributed by atoms with van der Waals surface area (Å²) in [6.45, 7) is 3.76. The molecule has 3 rings (SSSR count). The molecule has 0 fully saturated rings. The molecule has 2 aromatic carbocycles. The number of anilines is 1. The summed E-state index contributed by atoms with van der Waals surface area (Å²) in [5.74, 6) is 0.0236. The van der Waals surface area contributed by atoms with Crippen molar-refractivity contribution in [2.45, 2.75) is 18.2 Å². The zero-order valence-electron chi connectivity index (χ0n) is 16.3. The van der Waals surface area contributed by atoms with Crippen LogP contribution in [0.15, 0.2) is 47.4 Å². The summed E-state index contributed by atoms with van der Waals surface area (Å²) in [6.07, 6.45) is 2.96. The second kappa shape index (κ2) is 8.87. The number of hydrogen-bond donors (Lipinski definition) is 1. The number of nitrogens with one attached hydrogen (secondary N) is 1. The van der Waals surface area contributed by atoms with Gasteiger partial charge in [0, 0.05) is 23.4 Å². The highest BCUT2D eigenvalue weighted by molar-refractivity contribution is 7.98. The van der Waals surface area contributed by atoms with Gasteiger partial charge >= 0.3 is 0 Å². The lowest BCUT2D eigenvalue weighted by Gasteiger charge is -2.20. The van der Waals surface area contributed by atoms with Crippen molar-refractivity contribution < 1.29 is 9.69 Å². The number of aryl methyl sites for hydroxylation is 1. The Morgan fingerprint density at radius 3 is 2.78 bits per heavy atom. The van der Waals surface area contributed by atoms with Crippen molar-refractivity contribution in [2.24, 2.45) is 0 Å². The van der Waals surface area contributed by atoms with Gasteiger partial charge in [0.15, 0.2) is 5.13 Å². The fraction of sp³-hybridized carbons (Fsp3) is 0.333. The summed E-state index contributed by atoms with van der Waals surface area (Å²) in [5.41, 5.74) is 2.88. The average Bonchev–Trinajstić information content (AvgIpc) is 3.07. The molecular formula is C21H26N3OS2+. The molecular weight excluding hydrogens is 374 g/mol. The van der Waals surface area contributed by atoms with Gasteiger partial charge in [0.2, 0.25) is 0 Å². The minimum absolute atomic E-state index is 0.0236. The van der Waals surface area contributed by atoms with Crippen LogP contribution < -0.4 is 9.80 Å². The lowest BCUT2D eigenvalue weighted by molar-refractivity contribution is -0.858. The van der Waals surface area contributed by atoms with Gasteiger partial charge in [0.05, 0.1) is 30.9 Å². The molecule has 6 heteroatoms. The van der Waals surface area contributed by atoms with E-state index in [1.165, 1.54) is 10.5 Å². The summed E-state index contributed by atoms with van der Waals surface area (Å²) in [4.78, 5) is 22.4. The van der Waals surface area contributed by atoms with Crippen LogP contribution >= 0.6 is 23.1 Å². The molecule has 142 valence electrons. The first-order chi connectivity index (χ1) is 13.0. The van der Waals surface area contributed by atoms with Gasteiger partial charge in [-0.2, -0.15) is 0 Å². The van der Waals surface area contributed by atoms with E-state index < -0.39 is 0 Å². The van der Waals surface area contributed by atoms with E-state index >= 15 is 0 Å². The molecule has 1 amide bonds. The summed E-state index contributed by atoms with van der Waals surface area (Å²) in [7, 11) is 4.27. The summed E-state index contributed by atoms with van der Waals surface area (Å²) >= 11 is 3.24. The molecule has 4 nitrogen and oxygen atoms in total. The largest absolute Gasteiger partial charge is 0.340 e. The van der Waals surface area contributed by atoms with Crippen molar-refractivity contribution in [2.75, 3.05) is 38.3 Å². The number of amides is 1. The summed E-state index contributed by atoms with van der Waals surface area (Å²) < 4.78 is 1.12. The van der Waals surface area contributed by atoms with Crippen molar-refractivity contribution in [1.82, 2.24) is 4.98 Å². The topological polar surface area (TPSA) is 37.6 Å². The van der Waals surface area contributed by atoms with E-state index in [0.717, 1.165) is 38.8 Å². The smallest absolute Gasteiger partial charge is 0.260 e. The molecule has 3 aromatic rings. The highest BCUT2D eigenvalue weighted by Gasteiger charge is 2.21. The molecule has 1 heterocycles. The molecule has 1 aromatic heterocycles. The number of fused-ring (bicyclic) bond motifs is 1. The Bertz CT molecular complexity index is 936. The SMILES string of the molecule is CSc1cccc(C(=O)N(CCC[NH+](C)C)c2nc3ccc(C)cc3s2)c1. The lowest BCUT2D eigenvalue weighted by Crippen LogP contribution is -3.05. The predicted octanol–water partition coefficient (Wildman–Crippen LogP) is 3.51. The van der Waals surface area contributed by atoms with Crippen LogP contribution in [0.3, 0.4) is 0 Å². The number of aromatic nitrogens is 1. The van der Waals surface area contributed by atoms with Gasteiger partial charge in [0.1, 0.15) is 0 Å². The molecule has 0 spiro atoms. The third-order valence-corrected chi connectivity index (χ3v) is 6.15. The first-order valence-corrected chi connectivity index (χ1v) is 11.1. The van der Waals surface area contributed by atoms with Gasteiger partial charge in [-0.05, 0) is 49.1 Å². The second-order valence-electron chi connectivity index (χ2n) is 6.97. The van der Waals surface area contributed by atoms with E-state index in [0.29, 0.717) is 6.54 Å². The maximum atomic E-state index is 13.3. The highest BCUT2D eigenvalue weighted by atomic mass is 32.2. The van der Waals surface area contributed by atoms with E-state index in [-0.39, 0.29) is 5.91 Å². The first-order valence-electron chi connectivity index (χ1n) is 9.10. The Morgan fingerprint density at radius 2 is 2.04 bits per heavy atom. The fourth-order valence-corrected chi connectivity index (χ4v) is 4.47. The number of carbonyl (C=O) groups is 1. The molecule has 0 bridgehead atoms. The van der Waals surface area contributed by atoms with Gasteiger partial charge in [-0.15, -0.1) is 11.8 Å². The van der Waals surface area contributed by atoms with Crippen LogP contribution in [-0.2, 0) is 0 Å². The van der Waals surface area contributed by atoms with Crippen LogP contribution in [0.5, 0.6) is 0 Å². The summed E-state index contributed by atoms with van der Waals surface area (Å²) in [5, 5.41) is 0.781. The van der Waals surface area contributed by atoms with Crippen LogP contribution in [0.1, 0.15) is 22.3 Å². The number of nitrogens with zero attached hydrogens (tertiary/aromatic N) is 2. The van der Waals surface area contributed by atoms with E-state index in [1.54, 1.807) is 23.1 Å². The Balaban J connectivity index is 1.94. The van der Waals surface area contributed by atoms with Gasteiger partial charge in [-0.1, -0.05) is 23.5 Å². The number of hydrogen-bond acceptors (Lipinski definition) is 4. The monoisotopic (exact) mass is 400 g/mol. The number of thioether (sulfide) groups is 1. The predicted molar refractivity (Wildman–Crippen MR) is 117 cm³/mol. The maximum absolute atomic E-state index is 13.3. The maximum Gasteiger partial charge on any atom is 0.260 e. The molecule has 0 aliphatic rings. The standard InChI is InChI=1S/C21H25N3OS2/c1-15-9-10-18-19(13-15)27-21(22-18)24(12-6-11-23(2)3)20(25)16-7-5-8-17(14-16)26-4/h5,7-10,13-14H,6,11-12H2,1-4H3/p+1. The number of benzene rings is 2. The molecule has 0 saturated carbocycles. The van der Waals surface area contributed by atoms with Gasteiger partial charge < -0.3 is 4.90 Å². The van der Waals surface area contributed by atoms with Crippen molar-refractivity contribution in [1.29, 1.82) is 0 Å². The molecule has 27 heavy (non-hydrogen) atoms. The molecule has 1 N–H and O–H groups in total. The van der Waals surface area contributed by atoms with E-state index in [4.69, 9.17) is 4.98 Å². The van der Waals surface area contributed by atoms with E-state index in [1.807, 2.05) is 41.5 Å². The molecule has 0 aliphatic heterocycles. The van der Waals surface area contributed by atoms with Crippen LogP contribution in [0, 0.1) is 6.92 Å². The zero-order chi connectivity index (χ0) is 19.4. The first kappa shape index (κ1) is 19.9. The fourth-order valence-electron chi connectivity index (χ4n) is 2.92. The number of carbonyl (C=O) groups excluding carboxylic acids is 1. The molecule has 0 atom stereocenters. The third-order valence-electron chi connectivity index (χ3n) is 4.38. The van der Waals surface area contributed by atoms with Crippen molar-refractivity contribution in [3.8, 4) is 0 Å². The Kier molecular flexibility index (Phi) is 6.52. The van der Waals surface area contributed by atoms with Crippen molar-refractivity contribution in [3.05, 3.63) is 53.6 Å². The summed E-state index contributed by atoms with van der Waals surface area (Å²) in [6, 6.07) is 14.1. The Morgan fingerprint density at radius 1 is 1.22 bits per heavy atom. The molecule has 0 saturated heterocycles. The van der Waals surface area contributed by atoms with Gasteiger partial charge in [-0.25, -0.2) is 4.98 Å². The van der Waals surface area contributed by atoms with Gasteiger partial charge in [0.25, 0.3) is 5.91 Å². The second-order valence-corrected chi connectivity index (χ2v) is 8.86. The quantitative estimate of drug-likeness (QED) is 0.617. The minimum atomic E-state index is 0.0236. The number of rotatable bonds is 7. The van der Waals surface area contributed by atoms with Crippen LogP contribution in [0.25, 0.3) is 10.2 Å². The Labute approximate surface area is 169 Å². The third kappa shape index (κ3) is 4.89.